The summed E-state index contributed by atoms with van der Waals surface area (Å²) < 4.78 is 20.4. The lowest BCUT2D eigenvalue weighted by Crippen LogP contribution is -2.26. The highest BCUT2D eigenvalue weighted by Gasteiger charge is 2.39. The van der Waals surface area contributed by atoms with E-state index in [0.29, 0.717) is 21.5 Å². The second-order valence-electron chi connectivity index (χ2n) is 10.4. The molecule has 0 aromatic heterocycles. The molecule has 0 saturated carbocycles. The number of carbonyl (C=O) groups excluding carboxylic acids is 2. The zero-order valence-corrected chi connectivity index (χ0v) is 24.8. The van der Waals surface area contributed by atoms with Gasteiger partial charge in [0.25, 0.3) is 0 Å². The Bertz CT molecular complexity index is 1940. The van der Waals surface area contributed by atoms with Crippen LogP contribution >= 0.6 is 15.9 Å². The van der Waals surface area contributed by atoms with E-state index in [0.717, 1.165) is 16.8 Å². The second kappa shape index (κ2) is 10.9. The number of carbonyl (C=O) groups is 2. The van der Waals surface area contributed by atoms with E-state index in [4.69, 9.17) is 16.2 Å². The summed E-state index contributed by atoms with van der Waals surface area (Å²) in [7, 11) is 0. The van der Waals surface area contributed by atoms with Crippen molar-refractivity contribution in [3.8, 4) is 11.5 Å². The van der Waals surface area contributed by atoms with E-state index in [1.807, 2.05) is 62.4 Å². The lowest BCUT2D eigenvalue weighted by molar-refractivity contribution is 0.0981. The van der Waals surface area contributed by atoms with E-state index in [1.54, 1.807) is 18.2 Å². The topological polar surface area (TPSA) is 119 Å². The maximum atomic E-state index is 14.5. The van der Waals surface area contributed by atoms with Crippen LogP contribution in [0, 0.1) is 19.7 Å². The van der Waals surface area contributed by atoms with Crippen molar-refractivity contribution in [2.45, 2.75) is 13.8 Å². The smallest absolute Gasteiger partial charge is 0.199 e. The third-order valence-electron chi connectivity index (χ3n) is 7.24. The molecule has 1 aliphatic carbocycles. The molecule has 0 bridgehead atoms. The van der Waals surface area contributed by atoms with Crippen LogP contribution in [0.25, 0.3) is 0 Å². The Morgan fingerprint density at radius 1 is 0.674 bits per heavy atom. The molecule has 0 amide bonds. The van der Waals surface area contributed by atoms with Crippen molar-refractivity contribution in [1.82, 2.24) is 0 Å². The lowest BCUT2D eigenvalue weighted by atomic mass is 9.80. The SMILES string of the molecule is Cc1ccc(Nc2cc(Br)c(N)c3c2C(=O)c2c(Nc4ccc(C)cc4)cc(Oc4cccc(F)c4)c(N)c2C3=O)cc1. The lowest BCUT2D eigenvalue weighted by Gasteiger charge is -2.27. The van der Waals surface area contributed by atoms with Gasteiger partial charge in [-0.05, 0) is 72.2 Å². The van der Waals surface area contributed by atoms with Gasteiger partial charge in [-0.3, -0.25) is 9.59 Å². The van der Waals surface area contributed by atoms with Crippen molar-refractivity contribution < 1.29 is 18.7 Å². The molecule has 0 spiro atoms. The van der Waals surface area contributed by atoms with Gasteiger partial charge in [0.2, 0.25) is 0 Å². The third kappa shape index (κ3) is 5.19. The summed E-state index contributed by atoms with van der Waals surface area (Å²) in [6.45, 7) is 3.94. The number of nitrogens with two attached hydrogens (primary N) is 2. The van der Waals surface area contributed by atoms with Crippen LogP contribution in [-0.4, -0.2) is 11.6 Å². The number of benzene rings is 5. The van der Waals surface area contributed by atoms with Crippen molar-refractivity contribution in [3.63, 3.8) is 0 Å². The van der Waals surface area contributed by atoms with Gasteiger partial charge in [-0.1, -0.05) is 41.5 Å². The van der Waals surface area contributed by atoms with Crippen molar-refractivity contribution in [1.29, 1.82) is 0 Å². The molecule has 43 heavy (non-hydrogen) atoms. The summed E-state index contributed by atoms with van der Waals surface area (Å²) in [6, 6.07) is 24.0. The Labute approximate surface area is 255 Å². The molecule has 1 aliphatic rings. The number of aryl methyl sites for hydroxylation is 2. The molecule has 0 atom stereocenters. The summed E-state index contributed by atoms with van der Waals surface area (Å²) in [4.78, 5) is 28.8. The van der Waals surface area contributed by atoms with E-state index in [-0.39, 0.29) is 45.1 Å². The van der Waals surface area contributed by atoms with Gasteiger partial charge in [0.1, 0.15) is 11.6 Å². The van der Waals surface area contributed by atoms with Gasteiger partial charge in [0.15, 0.2) is 17.3 Å². The van der Waals surface area contributed by atoms with Crippen LogP contribution in [0.5, 0.6) is 11.5 Å². The molecule has 6 N–H and O–H groups in total. The number of hydrogen-bond acceptors (Lipinski definition) is 7. The largest absolute Gasteiger partial charge is 0.455 e. The summed E-state index contributed by atoms with van der Waals surface area (Å²) in [5.41, 5.74) is 17.4. The molecule has 6 rings (SSSR count). The molecule has 7 nitrogen and oxygen atoms in total. The van der Waals surface area contributed by atoms with Gasteiger partial charge >= 0.3 is 0 Å². The number of halogens is 2. The number of ketones is 2. The van der Waals surface area contributed by atoms with Crippen LogP contribution in [0.4, 0.5) is 38.5 Å². The van der Waals surface area contributed by atoms with Crippen LogP contribution in [0.3, 0.4) is 0 Å². The molecule has 0 unspecified atom stereocenters. The maximum absolute atomic E-state index is 14.5. The van der Waals surface area contributed by atoms with E-state index in [2.05, 4.69) is 26.6 Å². The second-order valence-corrected chi connectivity index (χ2v) is 11.2. The van der Waals surface area contributed by atoms with Gasteiger partial charge in [0.05, 0.1) is 45.0 Å². The summed E-state index contributed by atoms with van der Waals surface area (Å²) in [6.07, 6.45) is 0. The minimum absolute atomic E-state index is 0.0254. The summed E-state index contributed by atoms with van der Waals surface area (Å²) in [5.74, 6) is -1.23. The average Bonchev–Trinajstić information content (AvgIpc) is 2.97. The molecule has 0 heterocycles. The minimum atomic E-state index is -0.537. The first-order chi connectivity index (χ1) is 20.6. The number of nitrogen functional groups attached to an aromatic ring is 2. The Balaban J connectivity index is 1.56. The minimum Gasteiger partial charge on any atom is -0.455 e. The Kier molecular flexibility index (Phi) is 7.11. The first-order valence-corrected chi connectivity index (χ1v) is 14.2. The van der Waals surface area contributed by atoms with Crippen molar-refractivity contribution >= 4 is 61.6 Å². The highest BCUT2D eigenvalue weighted by Crippen LogP contribution is 2.47. The Hall–Kier alpha value is -5.15. The van der Waals surface area contributed by atoms with Gasteiger partial charge in [-0.2, -0.15) is 0 Å². The molecular formula is C34H26BrFN4O3. The predicted molar refractivity (Wildman–Crippen MR) is 172 cm³/mol. The van der Waals surface area contributed by atoms with Crippen molar-refractivity contribution in [2.24, 2.45) is 0 Å². The first-order valence-electron chi connectivity index (χ1n) is 13.4. The van der Waals surface area contributed by atoms with Crippen LogP contribution in [0.2, 0.25) is 0 Å². The van der Waals surface area contributed by atoms with E-state index >= 15 is 0 Å². The summed E-state index contributed by atoms with van der Waals surface area (Å²) >= 11 is 3.45. The van der Waals surface area contributed by atoms with Crippen molar-refractivity contribution in [2.75, 3.05) is 22.1 Å². The third-order valence-corrected chi connectivity index (χ3v) is 7.90. The molecule has 0 fully saturated rings. The van der Waals surface area contributed by atoms with Gasteiger partial charge < -0.3 is 26.8 Å². The standard InChI is InChI=1S/C34H26BrFN4O3/c1-17-6-10-20(11-7-17)39-24-15-23(35)31(37)29-27(24)33(41)28-25(40-21-12-8-18(2)9-13-21)16-26(32(38)30(28)34(29)42)43-22-5-3-4-19(36)14-22/h3-16,39-40H,37-38H2,1-2H3. The molecule has 0 aliphatic heterocycles. The van der Waals surface area contributed by atoms with Crippen molar-refractivity contribution in [3.05, 3.63) is 129 Å². The highest BCUT2D eigenvalue weighted by atomic mass is 79.9. The summed E-state index contributed by atoms with van der Waals surface area (Å²) in [5, 5.41) is 6.54. The molecule has 9 heteroatoms. The number of anilines is 6. The molecular weight excluding hydrogens is 611 g/mol. The molecule has 5 aromatic carbocycles. The van der Waals surface area contributed by atoms with Crippen LogP contribution in [-0.2, 0) is 0 Å². The van der Waals surface area contributed by atoms with Crippen LogP contribution in [0.1, 0.15) is 43.0 Å². The zero-order chi connectivity index (χ0) is 30.4. The maximum Gasteiger partial charge on any atom is 0.199 e. The van der Waals surface area contributed by atoms with Gasteiger partial charge in [-0.15, -0.1) is 0 Å². The fraction of sp³-hybridized carbons (Fsp3) is 0.0588. The number of fused-ring (bicyclic) bond motifs is 2. The first kappa shape index (κ1) is 28.0. The number of rotatable bonds is 6. The van der Waals surface area contributed by atoms with E-state index < -0.39 is 17.4 Å². The molecule has 214 valence electrons. The normalized spacial score (nSPS) is 12.0. The van der Waals surface area contributed by atoms with Crippen LogP contribution < -0.4 is 26.8 Å². The number of nitrogens with one attached hydrogen (secondary N) is 2. The average molecular weight is 638 g/mol. The molecule has 0 radical (unpaired) electrons. The van der Waals surface area contributed by atoms with Crippen LogP contribution in [0.15, 0.2) is 89.4 Å². The highest BCUT2D eigenvalue weighted by molar-refractivity contribution is 9.10. The van der Waals surface area contributed by atoms with E-state index in [1.165, 1.54) is 18.2 Å². The van der Waals surface area contributed by atoms with E-state index in [9.17, 15) is 14.0 Å². The fourth-order valence-electron chi connectivity index (χ4n) is 5.06. The van der Waals surface area contributed by atoms with Gasteiger partial charge in [0, 0.05) is 28.0 Å². The number of ether oxygens (including phenoxy) is 1. The monoisotopic (exact) mass is 636 g/mol. The Morgan fingerprint density at radius 2 is 1.19 bits per heavy atom. The zero-order valence-electron chi connectivity index (χ0n) is 23.2. The van der Waals surface area contributed by atoms with Gasteiger partial charge in [-0.25, -0.2) is 4.39 Å². The quantitative estimate of drug-likeness (QED) is 0.135. The molecule has 0 saturated heterocycles. The number of hydrogen-bond donors (Lipinski definition) is 4. The fourth-order valence-corrected chi connectivity index (χ4v) is 5.48. The predicted octanol–water partition coefficient (Wildman–Crippen LogP) is 8.42. The molecule has 5 aromatic rings. The Morgan fingerprint density at radius 3 is 1.74 bits per heavy atom.